The first-order valence-corrected chi connectivity index (χ1v) is 9.52. The van der Waals surface area contributed by atoms with E-state index in [2.05, 4.69) is 23.2 Å². The summed E-state index contributed by atoms with van der Waals surface area (Å²) in [5.74, 6) is 0.560. The van der Waals surface area contributed by atoms with E-state index in [9.17, 15) is 4.79 Å². The number of nitrogens with two attached hydrogens (primary N) is 1. The van der Waals surface area contributed by atoms with Gasteiger partial charge in [-0.3, -0.25) is 4.79 Å². The Balaban J connectivity index is 1.45. The monoisotopic (exact) mass is 371 g/mol. The third-order valence-corrected chi connectivity index (χ3v) is 5.30. The fraction of sp³-hybridized carbons (Fsp3) is 0.381. The molecule has 1 aliphatic rings. The van der Waals surface area contributed by atoms with Gasteiger partial charge in [0.15, 0.2) is 0 Å². The molecule has 0 aliphatic carbocycles. The molecule has 0 bridgehead atoms. The van der Waals surface area contributed by atoms with Crippen molar-refractivity contribution in [2.75, 3.05) is 30.3 Å². The summed E-state index contributed by atoms with van der Waals surface area (Å²) in [6.07, 6.45) is 2.23. The number of benzene rings is 2. The zero-order valence-corrected chi connectivity index (χ0v) is 15.9. The van der Waals surface area contributed by atoms with Crippen LogP contribution < -0.4 is 16.0 Å². The van der Waals surface area contributed by atoms with Crippen LogP contribution in [0.4, 0.5) is 11.4 Å². The Labute approximate surface area is 160 Å². The van der Waals surface area contributed by atoms with E-state index in [1.54, 1.807) is 0 Å². The van der Waals surface area contributed by atoms with Crippen molar-refractivity contribution in [2.24, 2.45) is 5.92 Å². The summed E-state index contributed by atoms with van der Waals surface area (Å²) in [7, 11) is 0. The molecular formula is C21H26ClN3O. The van der Waals surface area contributed by atoms with E-state index in [1.165, 1.54) is 11.3 Å². The molecule has 2 aromatic rings. The molecule has 3 rings (SSSR count). The number of anilines is 2. The van der Waals surface area contributed by atoms with Crippen molar-refractivity contribution in [2.45, 2.75) is 26.2 Å². The third kappa shape index (κ3) is 4.70. The van der Waals surface area contributed by atoms with Gasteiger partial charge >= 0.3 is 0 Å². The Morgan fingerprint density at radius 2 is 2.12 bits per heavy atom. The highest BCUT2D eigenvalue weighted by Crippen LogP contribution is 2.29. The molecular weight excluding hydrogens is 346 g/mol. The molecule has 1 unspecified atom stereocenters. The summed E-state index contributed by atoms with van der Waals surface area (Å²) in [4.78, 5) is 14.5. The minimum atomic E-state index is 0.0886. The Kier molecular flexibility index (Phi) is 6.04. The van der Waals surface area contributed by atoms with Crippen molar-refractivity contribution in [3.63, 3.8) is 0 Å². The van der Waals surface area contributed by atoms with Gasteiger partial charge in [0.25, 0.3) is 0 Å². The predicted octanol–water partition coefficient (Wildman–Crippen LogP) is 3.81. The molecule has 0 saturated carbocycles. The van der Waals surface area contributed by atoms with Crippen molar-refractivity contribution in [3.05, 3.63) is 58.6 Å². The van der Waals surface area contributed by atoms with E-state index in [1.807, 2.05) is 36.4 Å². The summed E-state index contributed by atoms with van der Waals surface area (Å²) in [6, 6.07) is 13.7. The number of carbonyl (C=O) groups is 1. The summed E-state index contributed by atoms with van der Waals surface area (Å²) < 4.78 is 0. The van der Waals surface area contributed by atoms with Gasteiger partial charge in [0.2, 0.25) is 5.91 Å². The molecule has 0 radical (unpaired) electrons. The van der Waals surface area contributed by atoms with E-state index in [0.717, 1.165) is 42.3 Å². The van der Waals surface area contributed by atoms with Crippen LogP contribution in [0.15, 0.2) is 42.5 Å². The van der Waals surface area contributed by atoms with Gasteiger partial charge in [-0.1, -0.05) is 35.9 Å². The number of nitrogens with one attached hydrogen (secondary N) is 1. The average molecular weight is 372 g/mol. The van der Waals surface area contributed by atoms with Crippen molar-refractivity contribution in [1.29, 1.82) is 0 Å². The zero-order chi connectivity index (χ0) is 18.5. The first-order chi connectivity index (χ1) is 12.5. The standard InChI is InChI=1S/C21H26ClN3O/c1-15-6-8-18(22)12-20(15)25-11-10-16(14-25)13-24-21(26)9-7-17-4-2-3-5-19(17)23/h2-6,8,12,16H,7,9-11,13-14,23H2,1H3,(H,24,26). The molecule has 26 heavy (non-hydrogen) atoms. The molecule has 1 saturated heterocycles. The molecule has 1 amide bonds. The minimum Gasteiger partial charge on any atom is -0.399 e. The molecule has 1 aliphatic heterocycles. The second-order valence-electron chi connectivity index (χ2n) is 7.03. The number of hydrogen-bond donors (Lipinski definition) is 2. The first kappa shape index (κ1) is 18.6. The minimum absolute atomic E-state index is 0.0886. The largest absolute Gasteiger partial charge is 0.399 e. The zero-order valence-electron chi connectivity index (χ0n) is 15.2. The fourth-order valence-electron chi connectivity index (χ4n) is 3.50. The maximum atomic E-state index is 12.2. The van der Waals surface area contributed by atoms with Crippen LogP contribution in [0.3, 0.4) is 0 Å². The highest BCUT2D eigenvalue weighted by molar-refractivity contribution is 6.30. The van der Waals surface area contributed by atoms with Gasteiger partial charge < -0.3 is 16.0 Å². The summed E-state index contributed by atoms with van der Waals surface area (Å²) in [5.41, 5.74) is 10.1. The fourth-order valence-corrected chi connectivity index (χ4v) is 3.66. The summed E-state index contributed by atoms with van der Waals surface area (Å²) in [5, 5.41) is 3.85. The lowest BCUT2D eigenvalue weighted by molar-refractivity contribution is -0.121. The van der Waals surface area contributed by atoms with Crippen molar-refractivity contribution < 1.29 is 4.79 Å². The lowest BCUT2D eigenvalue weighted by Crippen LogP contribution is -2.31. The van der Waals surface area contributed by atoms with Gasteiger partial charge in [-0.25, -0.2) is 0 Å². The summed E-state index contributed by atoms with van der Waals surface area (Å²) in [6.45, 7) is 4.78. The topological polar surface area (TPSA) is 58.4 Å². The van der Waals surface area contributed by atoms with Crippen LogP contribution in [0.25, 0.3) is 0 Å². The van der Waals surface area contributed by atoms with Gasteiger partial charge in [-0.15, -0.1) is 0 Å². The number of rotatable bonds is 6. The Morgan fingerprint density at radius 3 is 2.92 bits per heavy atom. The SMILES string of the molecule is Cc1ccc(Cl)cc1N1CCC(CNC(=O)CCc2ccccc2N)C1. The van der Waals surface area contributed by atoms with Crippen LogP contribution in [0.5, 0.6) is 0 Å². The van der Waals surface area contributed by atoms with Gasteiger partial charge in [0.05, 0.1) is 0 Å². The van der Waals surface area contributed by atoms with Crippen molar-refractivity contribution >= 4 is 28.9 Å². The summed E-state index contributed by atoms with van der Waals surface area (Å²) >= 11 is 6.14. The maximum absolute atomic E-state index is 12.2. The Hall–Kier alpha value is -2.20. The molecule has 1 heterocycles. The molecule has 0 aromatic heterocycles. The smallest absolute Gasteiger partial charge is 0.220 e. The van der Waals surface area contributed by atoms with Crippen molar-refractivity contribution in [3.8, 4) is 0 Å². The van der Waals surface area contributed by atoms with Crippen LogP contribution >= 0.6 is 11.6 Å². The van der Waals surface area contributed by atoms with E-state index in [0.29, 0.717) is 18.8 Å². The van der Waals surface area contributed by atoms with Crippen molar-refractivity contribution in [1.82, 2.24) is 5.32 Å². The van der Waals surface area contributed by atoms with Gasteiger partial charge in [0, 0.05) is 42.5 Å². The molecule has 1 fully saturated rings. The molecule has 2 aromatic carbocycles. The van der Waals surface area contributed by atoms with Crippen LogP contribution in [0.1, 0.15) is 24.0 Å². The number of nitrogen functional groups attached to an aromatic ring is 1. The second-order valence-corrected chi connectivity index (χ2v) is 7.47. The molecule has 1 atom stereocenters. The number of para-hydroxylation sites is 1. The van der Waals surface area contributed by atoms with E-state index in [-0.39, 0.29) is 5.91 Å². The third-order valence-electron chi connectivity index (χ3n) is 5.06. The average Bonchev–Trinajstić information content (AvgIpc) is 3.10. The van der Waals surface area contributed by atoms with Gasteiger partial charge in [0.1, 0.15) is 0 Å². The number of hydrogen-bond acceptors (Lipinski definition) is 3. The molecule has 3 N–H and O–H groups in total. The second kappa shape index (κ2) is 8.45. The van der Waals surface area contributed by atoms with Gasteiger partial charge in [-0.05, 0) is 55.0 Å². The van der Waals surface area contributed by atoms with E-state index < -0.39 is 0 Å². The van der Waals surface area contributed by atoms with Crippen LogP contribution in [0, 0.1) is 12.8 Å². The van der Waals surface area contributed by atoms with Crippen LogP contribution in [-0.4, -0.2) is 25.5 Å². The Morgan fingerprint density at radius 1 is 1.31 bits per heavy atom. The number of nitrogens with zero attached hydrogens (tertiary/aromatic N) is 1. The number of aryl methyl sites for hydroxylation is 2. The molecule has 138 valence electrons. The quantitative estimate of drug-likeness (QED) is 0.759. The van der Waals surface area contributed by atoms with Crippen LogP contribution in [0.2, 0.25) is 5.02 Å². The molecule has 0 spiro atoms. The number of halogens is 1. The van der Waals surface area contributed by atoms with Gasteiger partial charge in [-0.2, -0.15) is 0 Å². The first-order valence-electron chi connectivity index (χ1n) is 9.14. The van der Waals surface area contributed by atoms with E-state index in [4.69, 9.17) is 17.3 Å². The lowest BCUT2D eigenvalue weighted by atomic mass is 10.1. The highest BCUT2D eigenvalue weighted by atomic mass is 35.5. The number of carbonyl (C=O) groups excluding carboxylic acids is 1. The van der Waals surface area contributed by atoms with Crippen LogP contribution in [-0.2, 0) is 11.2 Å². The van der Waals surface area contributed by atoms with E-state index >= 15 is 0 Å². The maximum Gasteiger partial charge on any atom is 0.220 e. The molecule has 5 heteroatoms. The number of amides is 1. The highest BCUT2D eigenvalue weighted by Gasteiger charge is 2.24. The predicted molar refractivity (Wildman–Crippen MR) is 109 cm³/mol. The molecule has 4 nitrogen and oxygen atoms in total. The normalized spacial score (nSPS) is 16.7. The Bertz CT molecular complexity index is 778. The lowest BCUT2D eigenvalue weighted by Gasteiger charge is -2.21.